The summed E-state index contributed by atoms with van der Waals surface area (Å²) in [5.41, 5.74) is 3.77. The van der Waals surface area contributed by atoms with Crippen LogP contribution in [0.5, 0.6) is 0 Å². The summed E-state index contributed by atoms with van der Waals surface area (Å²) in [5, 5.41) is 14.8. The molecule has 5 aliphatic rings. The van der Waals surface area contributed by atoms with E-state index in [4.69, 9.17) is 0 Å². The van der Waals surface area contributed by atoms with E-state index in [1.807, 2.05) is 12.4 Å². The number of hydrogen-bond donors (Lipinski definition) is 2. The molecule has 0 radical (unpaired) electrons. The number of aromatic nitrogens is 3. The molecule has 4 fully saturated rings. The highest BCUT2D eigenvalue weighted by atomic mass is 16.3. The van der Waals surface area contributed by atoms with Gasteiger partial charge in [-0.25, -0.2) is 9.97 Å². The van der Waals surface area contributed by atoms with E-state index in [0.29, 0.717) is 6.54 Å². The van der Waals surface area contributed by atoms with Crippen LogP contribution in [0.1, 0.15) is 55.3 Å². The third-order valence-corrected chi connectivity index (χ3v) is 8.50. The Morgan fingerprint density at radius 1 is 1.06 bits per heavy atom. The van der Waals surface area contributed by atoms with Crippen molar-refractivity contribution in [1.29, 1.82) is 0 Å². The number of aliphatic hydroxyl groups excluding tert-OH is 1. The molecular weight excluding hydrogens is 386 g/mol. The van der Waals surface area contributed by atoms with Gasteiger partial charge >= 0.3 is 0 Å². The van der Waals surface area contributed by atoms with Gasteiger partial charge in [0.25, 0.3) is 0 Å². The summed E-state index contributed by atoms with van der Waals surface area (Å²) < 4.78 is 0. The van der Waals surface area contributed by atoms with Crippen LogP contribution in [-0.2, 0) is 19.5 Å². The smallest absolute Gasteiger partial charge is 0.133 e. The third kappa shape index (κ3) is 3.74. The van der Waals surface area contributed by atoms with Crippen molar-refractivity contribution in [2.45, 2.75) is 64.1 Å². The molecule has 1 unspecified atom stereocenters. The second-order valence-corrected chi connectivity index (χ2v) is 10.6. The fourth-order valence-electron chi connectivity index (χ4n) is 7.44. The first-order chi connectivity index (χ1) is 15.2. The maximum Gasteiger partial charge on any atom is 0.133 e. The lowest BCUT2D eigenvalue weighted by Gasteiger charge is -2.58. The number of nitrogens with zero attached hydrogens (tertiary/aromatic N) is 4. The molecule has 0 spiro atoms. The Balaban J connectivity index is 1.12. The fourth-order valence-corrected chi connectivity index (χ4v) is 7.44. The van der Waals surface area contributed by atoms with Gasteiger partial charge in [0.05, 0.1) is 11.8 Å². The van der Waals surface area contributed by atoms with Crippen LogP contribution >= 0.6 is 0 Å². The van der Waals surface area contributed by atoms with Crippen LogP contribution in [0.3, 0.4) is 0 Å². The van der Waals surface area contributed by atoms with Gasteiger partial charge in [0.2, 0.25) is 0 Å². The highest BCUT2D eigenvalue weighted by molar-refractivity contribution is 5.47. The molecule has 6 nitrogen and oxygen atoms in total. The molecule has 1 aliphatic heterocycles. The Labute approximate surface area is 184 Å². The summed E-state index contributed by atoms with van der Waals surface area (Å²) in [5.74, 6) is 3.51. The first kappa shape index (κ1) is 19.6. The lowest BCUT2D eigenvalue weighted by atomic mass is 9.48. The van der Waals surface area contributed by atoms with Crippen molar-refractivity contribution in [1.82, 2.24) is 19.9 Å². The molecule has 3 heterocycles. The standard InChI is InChI=1S/C25H33N5O/c31-23(25-10-18-7-19(11-25)9-20(8-18)12-25)13-27-24-21-3-6-30(15-22(21)28-16-29-24)14-17-1-4-26-5-2-17/h1-2,4-5,16,18-20,23,31H,3,6-15H2,(H,27,28,29). The fraction of sp³-hybridized carbons (Fsp3) is 0.640. The zero-order valence-electron chi connectivity index (χ0n) is 18.2. The van der Waals surface area contributed by atoms with Gasteiger partial charge in [-0.15, -0.1) is 0 Å². The highest BCUT2D eigenvalue weighted by Gasteiger charge is 2.53. The number of pyridine rings is 1. The minimum absolute atomic E-state index is 0.149. The molecule has 0 amide bonds. The van der Waals surface area contributed by atoms with Gasteiger partial charge in [-0.2, -0.15) is 0 Å². The van der Waals surface area contributed by atoms with E-state index in [9.17, 15) is 5.11 Å². The van der Waals surface area contributed by atoms with Crippen molar-refractivity contribution in [3.8, 4) is 0 Å². The van der Waals surface area contributed by atoms with Gasteiger partial charge < -0.3 is 10.4 Å². The number of fused-ring (bicyclic) bond motifs is 1. The predicted molar refractivity (Wildman–Crippen MR) is 119 cm³/mol. The van der Waals surface area contributed by atoms with E-state index in [-0.39, 0.29) is 11.5 Å². The summed E-state index contributed by atoms with van der Waals surface area (Å²) in [6, 6.07) is 4.16. The molecule has 4 saturated carbocycles. The van der Waals surface area contributed by atoms with Crippen LogP contribution in [0.15, 0.2) is 30.9 Å². The lowest BCUT2D eigenvalue weighted by molar-refractivity contribution is -0.115. The largest absolute Gasteiger partial charge is 0.391 e. The van der Waals surface area contributed by atoms with Crippen molar-refractivity contribution in [3.63, 3.8) is 0 Å². The molecule has 4 bridgehead atoms. The molecule has 164 valence electrons. The Bertz CT molecular complexity index is 897. The number of anilines is 1. The van der Waals surface area contributed by atoms with Crippen LogP contribution in [0.4, 0.5) is 5.82 Å². The van der Waals surface area contributed by atoms with Gasteiger partial charge in [-0.3, -0.25) is 9.88 Å². The van der Waals surface area contributed by atoms with Crippen molar-refractivity contribution in [2.24, 2.45) is 23.2 Å². The van der Waals surface area contributed by atoms with Crippen molar-refractivity contribution in [3.05, 3.63) is 47.7 Å². The Kier molecular flexibility index (Phi) is 4.95. The molecule has 31 heavy (non-hydrogen) atoms. The molecule has 0 saturated heterocycles. The van der Waals surface area contributed by atoms with E-state index in [0.717, 1.165) is 55.3 Å². The average Bonchev–Trinajstić information content (AvgIpc) is 2.77. The molecule has 2 N–H and O–H groups in total. The van der Waals surface area contributed by atoms with E-state index in [2.05, 4.69) is 37.3 Å². The minimum atomic E-state index is -0.279. The Morgan fingerprint density at radius 3 is 2.48 bits per heavy atom. The maximum absolute atomic E-state index is 11.3. The zero-order chi connectivity index (χ0) is 20.8. The third-order valence-electron chi connectivity index (χ3n) is 8.50. The molecule has 4 aliphatic carbocycles. The van der Waals surface area contributed by atoms with E-state index >= 15 is 0 Å². The van der Waals surface area contributed by atoms with Crippen LogP contribution in [0, 0.1) is 23.2 Å². The molecule has 6 heteroatoms. The summed E-state index contributed by atoms with van der Waals surface area (Å²) in [7, 11) is 0. The lowest BCUT2D eigenvalue weighted by Crippen LogP contribution is -2.53. The first-order valence-corrected chi connectivity index (χ1v) is 12.0. The number of nitrogens with one attached hydrogen (secondary N) is 1. The molecule has 2 aromatic heterocycles. The number of rotatable bonds is 6. The summed E-state index contributed by atoms with van der Waals surface area (Å²) in [4.78, 5) is 15.7. The molecular formula is C25H33N5O. The van der Waals surface area contributed by atoms with Gasteiger partial charge in [0.15, 0.2) is 0 Å². The molecule has 0 aromatic carbocycles. The van der Waals surface area contributed by atoms with Crippen molar-refractivity contribution in [2.75, 3.05) is 18.4 Å². The van der Waals surface area contributed by atoms with Gasteiger partial charge in [-0.1, -0.05) is 0 Å². The topological polar surface area (TPSA) is 74.2 Å². The highest BCUT2D eigenvalue weighted by Crippen LogP contribution is 2.61. The van der Waals surface area contributed by atoms with Crippen LogP contribution in [-0.4, -0.2) is 44.2 Å². The summed E-state index contributed by atoms with van der Waals surface area (Å²) in [6.45, 7) is 3.36. The molecule has 7 rings (SSSR count). The normalized spacial score (nSPS) is 32.6. The molecule has 2 aromatic rings. The SMILES string of the molecule is OC(CNc1ncnc2c1CCN(Cc1ccncc1)C2)C12CC3CC(CC(C3)C1)C2. The van der Waals surface area contributed by atoms with E-state index in [1.54, 1.807) is 6.33 Å². The Hall–Kier alpha value is -2.05. The number of hydrogen-bond acceptors (Lipinski definition) is 6. The van der Waals surface area contributed by atoms with E-state index < -0.39 is 0 Å². The van der Waals surface area contributed by atoms with Gasteiger partial charge in [0.1, 0.15) is 12.1 Å². The minimum Gasteiger partial charge on any atom is -0.391 e. The van der Waals surface area contributed by atoms with Crippen LogP contribution in [0.2, 0.25) is 0 Å². The zero-order valence-corrected chi connectivity index (χ0v) is 18.2. The summed E-state index contributed by atoms with van der Waals surface area (Å²) >= 11 is 0. The van der Waals surface area contributed by atoms with Crippen LogP contribution in [0.25, 0.3) is 0 Å². The first-order valence-electron chi connectivity index (χ1n) is 12.0. The predicted octanol–water partition coefficient (Wildman–Crippen LogP) is 3.42. The van der Waals surface area contributed by atoms with E-state index in [1.165, 1.54) is 49.7 Å². The average molecular weight is 420 g/mol. The quantitative estimate of drug-likeness (QED) is 0.747. The van der Waals surface area contributed by atoms with Gasteiger partial charge in [-0.05, 0) is 85.8 Å². The maximum atomic E-state index is 11.3. The van der Waals surface area contributed by atoms with Crippen molar-refractivity contribution < 1.29 is 5.11 Å². The van der Waals surface area contributed by atoms with Crippen molar-refractivity contribution >= 4 is 5.82 Å². The summed E-state index contributed by atoms with van der Waals surface area (Å²) in [6.07, 6.45) is 14.0. The monoisotopic (exact) mass is 419 g/mol. The number of aliphatic hydroxyl groups is 1. The van der Waals surface area contributed by atoms with Crippen LogP contribution < -0.4 is 5.32 Å². The van der Waals surface area contributed by atoms with Gasteiger partial charge in [0, 0.05) is 44.1 Å². The molecule has 1 atom stereocenters. The second-order valence-electron chi connectivity index (χ2n) is 10.6. The second kappa shape index (κ2) is 7.82. The Morgan fingerprint density at radius 2 is 1.77 bits per heavy atom.